The summed E-state index contributed by atoms with van der Waals surface area (Å²) in [5, 5.41) is 6.58. The first-order valence-corrected chi connectivity index (χ1v) is 3.80. The minimum absolute atomic E-state index is 0.617. The molecule has 54 valence electrons. The molecule has 10 heavy (non-hydrogen) atoms. The van der Waals surface area contributed by atoms with Gasteiger partial charge in [-0.1, -0.05) is 6.08 Å². The van der Waals surface area contributed by atoms with Gasteiger partial charge in [0.1, 0.15) is 0 Å². The molecule has 2 heterocycles. The van der Waals surface area contributed by atoms with Crippen molar-refractivity contribution in [2.45, 2.75) is 18.9 Å². The van der Waals surface area contributed by atoms with Gasteiger partial charge in [-0.15, -0.1) is 0 Å². The molecule has 0 aliphatic carbocycles. The summed E-state index contributed by atoms with van der Waals surface area (Å²) in [6.07, 6.45) is 8.70. The Labute approximate surface area is 61.0 Å². The molecule has 2 nitrogen and oxygen atoms in total. The van der Waals surface area contributed by atoms with E-state index in [9.17, 15) is 0 Å². The van der Waals surface area contributed by atoms with Gasteiger partial charge >= 0.3 is 0 Å². The largest absolute Gasteiger partial charge is 0.391 e. The maximum atomic E-state index is 3.33. The lowest BCUT2D eigenvalue weighted by Crippen LogP contribution is -2.36. The fourth-order valence-electron chi connectivity index (χ4n) is 1.49. The van der Waals surface area contributed by atoms with Crippen molar-refractivity contribution in [2.24, 2.45) is 0 Å². The molecule has 0 saturated carbocycles. The van der Waals surface area contributed by atoms with Crippen LogP contribution in [0.25, 0.3) is 0 Å². The second kappa shape index (κ2) is 2.37. The van der Waals surface area contributed by atoms with Gasteiger partial charge in [-0.05, 0) is 30.8 Å². The van der Waals surface area contributed by atoms with E-state index in [1.54, 1.807) is 0 Å². The van der Waals surface area contributed by atoms with Gasteiger partial charge in [0.15, 0.2) is 0 Å². The van der Waals surface area contributed by atoms with Gasteiger partial charge in [-0.2, -0.15) is 0 Å². The Hall–Kier alpha value is -0.920. The zero-order chi connectivity index (χ0) is 6.81. The molecule has 1 unspecified atom stereocenters. The van der Waals surface area contributed by atoms with E-state index in [2.05, 4.69) is 29.1 Å². The Morgan fingerprint density at radius 3 is 3.40 bits per heavy atom. The summed E-state index contributed by atoms with van der Waals surface area (Å²) in [7, 11) is 0. The first kappa shape index (κ1) is 5.83. The second-order valence-corrected chi connectivity index (χ2v) is 2.79. The van der Waals surface area contributed by atoms with Crippen LogP contribution in [0.1, 0.15) is 12.8 Å². The van der Waals surface area contributed by atoms with E-state index >= 15 is 0 Å². The fourth-order valence-corrected chi connectivity index (χ4v) is 1.49. The molecule has 2 aliphatic rings. The van der Waals surface area contributed by atoms with Gasteiger partial charge in [-0.25, -0.2) is 0 Å². The van der Waals surface area contributed by atoms with E-state index < -0.39 is 0 Å². The van der Waals surface area contributed by atoms with Crippen molar-refractivity contribution in [3.8, 4) is 0 Å². The predicted octanol–water partition coefficient (Wildman–Crippen LogP) is 0.739. The zero-order valence-electron chi connectivity index (χ0n) is 5.93. The number of nitrogens with one attached hydrogen (secondary N) is 2. The molecule has 1 atom stereocenters. The van der Waals surface area contributed by atoms with Crippen molar-refractivity contribution in [3.63, 3.8) is 0 Å². The van der Waals surface area contributed by atoms with Gasteiger partial charge in [0, 0.05) is 6.54 Å². The summed E-state index contributed by atoms with van der Waals surface area (Å²) >= 11 is 0. The summed E-state index contributed by atoms with van der Waals surface area (Å²) in [6, 6.07) is 0.617. The first-order chi connectivity index (χ1) is 4.97. The maximum absolute atomic E-state index is 3.33. The SMILES string of the molecule is C1=CNC2CCNC=C2C1. The molecular weight excluding hydrogens is 124 g/mol. The highest BCUT2D eigenvalue weighted by atomic mass is 14.9. The van der Waals surface area contributed by atoms with Crippen LogP contribution in [0.4, 0.5) is 0 Å². The van der Waals surface area contributed by atoms with Gasteiger partial charge in [0.05, 0.1) is 6.04 Å². The second-order valence-electron chi connectivity index (χ2n) is 2.79. The molecule has 0 bridgehead atoms. The van der Waals surface area contributed by atoms with Crippen LogP contribution in [-0.4, -0.2) is 12.6 Å². The molecule has 2 aliphatic heterocycles. The smallest absolute Gasteiger partial charge is 0.0504 e. The molecule has 0 amide bonds. The van der Waals surface area contributed by atoms with E-state index in [1.807, 2.05) is 0 Å². The van der Waals surface area contributed by atoms with Gasteiger partial charge in [0.2, 0.25) is 0 Å². The quantitative estimate of drug-likeness (QED) is 0.513. The number of allylic oxidation sites excluding steroid dienone is 1. The lowest BCUT2D eigenvalue weighted by atomic mass is 9.97. The van der Waals surface area contributed by atoms with Gasteiger partial charge < -0.3 is 10.6 Å². The zero-order valence-corrected chi connectivity index (χ0v) is 5.93. The first-order valence-electron chi connectivity index (χ1n) is 3.80. The molecule has 2 rings (SSSR count). The topological polar surface area (TPSA) is 24.1 Å². The van der Waals surface area contributed by atoms with Crippen LogP contribution in [0.5, 0.6) is 0 Å². The monoisotopic (exact) mass is 136 g/mol. The molecule has 0 radical (unpaired) electrons. The van der Waals surface area contributed by atoms with E-state index in [-0.39, 0.29) is 0 Å². The minimum Gasteiger partial charge on any atom is -0.391 e. The third-order valence-corrected chi connectivity index (χ3v) is 2.08. The molecule has 0 aromatic rings. The summed E-state index contributed by atoms with van der Waals surface area (Å²) in [5.74, 6) is 0. The summed E-state index contributed by atoms with van der Waals surface area (Å²) in [4.78, 5) is 0. The Morgan fingerprint density at radius 2 is 2.50 bits per heavy atom. The Morgan fingerprint density at radius 1 is 1.50 bits per heavy atom. The lowest BCUT2D eigenvalue weighted by molar-refractivity contribution is 0.540. The third-order valence-electron chi connectivity index (χ3n) is 2.08. The van der Waals surface area contributed by atoms with Crippen molar-refractivity contribution in [1.82, 2.24) is 10.6 Å². The number of hydrogen-bond donors (Lipinski definition) is 2. The van der Waals surface area contributed by atoms with E-state index in [4.69, 9.17) is 0 Å². The fraction of sp³-hybridized carbons (Fsp3) is 0.500. The average Bonchev–Trinajstić information content (AvgIpc) is 2.05. The number of fused-ring (bicyclic) bond motifs is 1. The maximum Gasteiger partial charge on any atom is 0.0504 e. The number of hydrogen-bond acceptors (Lipinski definition) is 2. The minimum atomic E-state index is 0.617. The van der Waals surface area contributed by atoms with Crippen LogP contribution in [0.15, 0.2) is 24.0 Å². The molecule has 0 fully saturated rings. The van der Waals surface area contributed by atoms with Gasteiger partial charge in [0.25, 0.3) is 0 Å². The molecule has 0 saturated heterocycles. The third kappa shape index (κ3) is 0.897. The molecule has 0 aromatic carbocycles. The van der Waals surface area contributed by atoms with Crippen molar-refractivity contribution >= 4 is 0 Å². The summed E-state index contributed by atoms with van der Waals surface area (Å²) in [6.45, 7) is 1.11. The average molecular weight is 136 g/mol. The Balaban J connectivity index is 2.17. The van der Waals surface area contributed by atoms with Crippen molar-refractivity contribution < 1.29 is 0 Å². The van der Waals surface area contributed by atoms with Crippen molar-refractivity contribution in [2.75, 3.05) is 6.54 Å². The normalized spacial score (nSPS) is 29.6. The standard InChI is InChI=1S/C8H12N2/c1-2-7-6-9-5-3-8(7)10-4-1/h1,4,6,8-10H,2-3,5H2. The summed E-state index contributed by atoms with van der Waals surface area (Å²) < 4.78 is 0. The van der Waals surface area contributed by atoms with Crippen LogP contribution in [-0.2, 0) is 0 Å². The van der Waals surface area contributed by atoms with Gasteiger partial charge in [-0.3, -0.25) is 0 Å². The number of rotatable bonds is 0. The van der Waals surface area contributed by atoms with E-state index in [0.29, 0.717) is 6.04 Å². The molecule has 2 N–H and O–H groups in total. The Bertz CT molecular complexity index is 182. The van der Waals surface area contributed by atoms with Crippen LogP contribution >= 0.6 is 0 Å². The molecule has 0 spiro atoms. The van der Waals surface area contributed by atoms with Crippen LogP contribution in [0, 0.1) is 0 Å². The van der Waals surface area contributed by atoms with Crippen molar-refractivity contribution in [3.05, 3.63) is 24.0 Å². The van der Waals surface area contributed by atoms with Crippen LogP contribution < -0.4 is 10.6 Å². The van der Waals surface area contributed by atoms with Crippen LogP contribution in [0.3, 0.4) is 0 Å². The molecule has 2 heteroatoms. The van der Waals surface area contributed by atoms with Crippen LogP contribution in [0.2, 0.25) is 0 Å². The summed E-state index contributed by atoms with van der Waals surface area (Å²) in [5.41, 5.74) is 1.49. The van der Waals surface area contributed by atoms with E-state index in [1.165, 1.54) is 12.0 Å². The highest BCUT2D eigenvalue weighted by molar-refractivity contribution is 5.20. The lowest BCUT2D eigenvalue weighted by Gasteiger charge is -2.27. The highest BCUT2D eigenvalue weighted by Crippen LogP contribution is 2.16. The predicted molar refractivity (Wildman–Crippen MR) is 41.4 cm³/mol. The molecular formula is C8H12N2. The highest BCUT2D eigenvalue weighted by Gasteiger charge is 2.16. The molecule has 0 aromatic heterocycles. The Kier molecular flexibility index (Phi) is 1.38. The van der Waals surface area contributed by atoms with Crippen molar-refractivity contribution in [1.29, 1.82) is 0 Å². The van der Waals surface area contributed by atoms with E-state index in [0.717, 1.165) is 13.0 Å².